The van der Waals surface area contributed by atoms with Crippen molar-refractivity contribution >= 4 is 41.1 Å². The number of carbonyl (C=O) groups is 6. The molecule has 0 saturated carbocycles. The first-order valence-corrected chi connectivity index (χ1v) is 27.6. The molecule has 77 heavy (non-hydrogen) atoms. The molecule has 1 aromatic heterocycles. The normalized spacial score (nSPS) is 23.2. The van der Waals surface area contributed by atoms with E-state index in [0.29, 0.717) is 75.4 Å². The molecule has 10 N–H and O–H groups in total. The van der Waals surface area contributed by atoms with E-state index in [1.807, 2.05) is 36.4 Å². The maximum Gasteiger partial charge on any atom is 0.248 e. The fourth-order valence-electron chi connectivity index (χ4n) is 11.4. The topological polar surface area (TPSA) is 286 Å². The molecule has 2 aromatic carbocycles. The number of hydrazine groups is 1. The van der Waals surface area contributed by atoms with Gasteiger partial charge in [0.25, 0.3) is 0 Å². The number of nitrogens with zero attached hydrogens (tertiary/aromatic N) is 6. The number of aromatic nitrogens is 3. The lowest BCUT2D eigenvalue weighted by atomic mass is 9.87. The molecule has 0 radical (unpaired) electrons. The van der Waals surface area contributed by atoms with E-state index in [1.54, 1.807) is 56.3 Å². The monoisotopic (exact) mass is 1060 g/mol. The van der Waals surface area contributed by atoms with Crippen LogP contribution in [0.4, 0.5) is 0 Å². The van der Waals surface area contributed by atoms with Crippen LogP contribution in [0.5, 0.6) is 0 Å². The predicted octanol–water partition coefficient (Wildman–Crippen LogP) is 1.35. The van der Waals surface area contributed by atoms with Crippen LogP contribution >= 0.6 is 0 Å². The number of likely N-dealkylation sites (N-methyl/N-ethyl adjacent to an activating group) is 2. The minimum Gasteiger partial charge on any atom is -0.398 e. The van der Waals surface area contributed by atoms with Crippen LogP contribution in [0.2, 0.25) is 0 Å². The van der Waals surface area contributed by atoms with Gasteiger partial charge in [-0.25, -0.2) is 10.5 Å². The van der Waals surface area contributed by atoms with Gasteiger partial charge in [-0.2, -0.15) is 0 Å². The molecule has 2 aliphatic carbocycles. The van der Waals surface area contributed by atoms with E-state index in [1.165, 1.54) is 16.1 Å². The summed E-state index contributed by atoms with van der Waals surface area (Å²) in [6.45, 7) is 7.81. The van der Waals surface area contributed by atoms with Crippen molar-refractivity contribution < 1.29 is 38.2 Å². The first-order chi connectivity index (χ1) is 37.1. The maximum absolute atomic E-state index is 14.7. The van der Waals surface area contributed by atoms with E-state index in [2.05, 4.69) is 54.3 Å². The number of ether oxygens (including phenoxy) is 2. The van der Waals surface area contributed by atoms with E-state index in [0.717, 1.165) is 49.7 Å². The summed E-state index contributed by atoms with van der Waals surface area (Å²) in [5.74, 6) is 4.53. The van der Waals surface area contributed by atoms with E-state index < -0.39 is 72.1 Å². The van der Waals surface area contributed by atoms with Crippen molar-refractivity contribution in [1.82, 2.24) is 61.7 Å². The number of rotatable bonds is 20. The lowest BCUT2D eigenvalue weighted by molar-refractivity contribution is -0.145. The molecule has 2 saturated heterocycles. The second kappa shape index (κ2) is 25.8. The fraction of sp³-hybridized carbons (Fsp3) is 0.600. The highest BCUT2D eigenvalue weighted by molar-refractivity contribution is 5.95. The van der Waals surface area contributed by atoms with Gasteiger partial charge in [-0.3, -0.25) is 28.8 Å². The van der Waals surface area contributed by atoms with Crippen LogP contribution < -0.4 is 43.5 Å². The number of aryl methyl sites for hydroxylation is 3. The lowest BCUT2D eigenvalue weighted by Gasteiger charge is -2.33. The number of nitrogens with one attached hydrogen (secondary N) is 6. The molecule has 10 atom stereocenters. The molecule has 0 spiro atoms. The molecule has 0 unspecified atom stereocenters. The SMILES string of the molecule is CN[C@@H](C)C(=O)N[C@H](C(=O)N1CCC[C@H]1C(=O)N[C@@H]1CCCc2ccccc21)[C@@H](C)OC/C(N)=C1\c2c(CO[C@H](C)[C@H](NC(=O)[C@H](C)NC)C(=O)N3CCC[C@H]3C(=O)N[C@@H]3CCCc4ccccc43)nnn2CCCN1N. The van der Waals surface area contributed by atoms with Gasteiger partial charge in [0.1, 0.15) is 41.3 Å². The van der Waals surface area contributed by atoms with Crippen LogP contribution in [-0.2, 0) is 64.2 Å². The highest BCUT2D eigenvalue weighted by atomic mass is 16.5. The molecule has 3 aliphatic heterocycles. The molecular weight excluding hydrogens is 985 g/mol. The lowest BCUT2D eigenvalue weighted by Crippen LogP contribution is -2.59. The van der Waals surface area contributed by atoms with E-state index >= 15 is 0 Å². The smallest absolute Gasteiger partial charge is 0.248 e. The molecule has 22 nitrogen and oxygen atoms in total. The molecule has 418 valence electrons. The standard InChI is InChI=1S/C55H80N14O8/c1-32(58-5)50(70)62-46(54(74)66-26-13-24-44(66)52(72)60-41-22-11-18-36-16-7-9-20-38(36)41)34(3)76-30-40(56)48-49-43(64-65-69(49)29-15-28-68(48)57)31-77-35(4)47(63-51(71)33(2)59-6)55(75)67-27-14-25-45(67)53(73)61-42-23-12-19-37-17-8-10-21-39(37)42/h7-10,16-17,20-21,32-35,41-42,44-47,58-59H,11-15,18-19,22-31,56-57H2,1-6H3,(H,60,72)(H,61,73)(H,62,70)(H,63,71)/b48-40-/t32-,33-,34+,35+,41+,42+,44-,45-,46-,47-/m0/s1. The number of benzene rings is 2. The Balaban J connectivity index is 0.974. The van der Waals surface area contributed by atoms with Gasteiger partial charge in [-0.15, -0.1) is 5.10 Å². The predicted molar refractivity (Wildman–Crippen MR) is 287 cm³/mol. The Bertz CT molecular complexity index is 2640. The van der Waals surface area contributed by atoms with Gasteiger partial charge >= 0.3 is 0 Å². The maximum atomic E-state index is 14.7. The van der Waals surface area contributed by atoms with Crippen molar-refractivity contribution in [1.29, 1.82) is 0 Å². The molecule has 4 heterocycles. The molecule has 5 aliphatic rings. The van der Waals surface area contributed by atoms with Gasteiger partial charge in [-0.05, 0) is 135 Å². The minimum absolute atomic E-state index is 0.161. The number of hydrogen-bond donors (Lipinski definition) is 8. The van der Waals surface area contributed by atoms with E-state index in [-0.39, 0.29) is 42.8 Å². The van der Waals surface area contributed by atoms with Crippen molar-refractivity contribution in [3.05, 3.63) is 87.9 Å². The largest absolute Gasteiger partial charge is 0.398 e. The Morgan fingerprint density at radius 1 is 0.649 bits per heavy atom. The van der Waals surface area contributed by atoms with Crippen molar-refractivity contribution in [3.63, 3.8) is 0 Å². The molecular formula is C55H80N14O8. The van der Waals surface area contributed by atoms with E-state index in [4.69, 9.17) is 21.1 Å². The molecule has 3 aromatic rings. The molecule has 22 heteroatoms. The number of fused-ring (bicyclic) bond motifs is 3. The Morgan fingerprint density at radius 2 is 1.14 bits per heavy atom. The number of amides is 6. The van der Waals surface area contributed by atoms with Crippen LogP contribution in [0, 0.1) is 0 Å². The zero-order valence-corrected chi connectivity index (χ0v) is 45.5. The summed E-state index contributed by atoms with van der Waals surface area (Å²) in [6, 6.07) is 10.8. The van der Waals surface area contributed by atoms with Crippen LogP contribution in [0.1, 0.15) is 131 Å². The number of carbonyl (C=O) groups excluding carboxylic acids is 6. The first-order valence-electron chi connectivity index (χ1n) is 27.6. The quantitative estimate of drug-likeness (QED) is 0.0742. The van der Waals surface area contributed by atoms with E-state index in [9.17, 15) is 28.8 Å². The summed E-state index contributed by atoms with van der Waals surface area (Å²) < 4.78 is 14.5. The van der Waals surface area contributed by atoms with Gasteiger partial charge in [0.2, 0.25) is 35.4 Å². The third-order valence-electron chi connectivity index (χ3n) is 16.1. The van der Waals surface area contributed by atoms with Gasteiger partial charge < -0.3 is 61.9 Å². The van der Waals surface area contributed by atoms with Gasteiger partial charge in [-0.1, -0.05) is 53.7 Å². The Morgan fingerprint density at radius 3 is 1.65 bits per heavy atom. The summed E-state index contributed by atoms with van der Waals surface area (Å²) in [6.07, 6.45) is 6.29. The number of likely N-dealkylation sites (tertiary alicyclic amines) is 2. The van der Waals surface area contributed by atoms with Gasteiger partial charge in [0.15, 0.2) is 0 Å². The second-order valence-corrected chi connectivity index (χ2v) is 21.2. The zero-order valence-electron chi connectivity index (χ0n) is 45.5. The van der Waals surface area contributed by atoms with Gasteiger partial charge in [0.05, 0.1) is 55.3 Å². The Kier molecular flexibility index (Phi) is 19.0. The third-order valence-corrected chi connectivity index (χ3v) is 16.1. The van der Waals surface area contributed by atoms with Gasteiger partial charge in [0, 0.05) is 26.2 Å². The Hall–Kier alpha value is -6.46. The Labute approximate surface area is 451 Å². The van der Waals surface area contributed by atoms with Crippen LogP contribution in [0.3, 0.4) is 0 Å². The van der Waals surface area contributed by atoms with Crippen molar-refractivity contribution in [3.8, 4) is 0 Å². The molecule has 6 amide bonds. The zero-order chi connectivity index (χ0) is 54.9. The molecule has 2 fully saturated rings. The average molecular weight is 1070 g/mol. The average Bonchev–Trinajstić information content (AvgIpc) is 4.24. The highest BCUT2D eigenvalue weighted by Crippen LogP contribution is 2.33. The molecule has 8 rings (SSSR count). The molecule has 0 bridgehead atoms. The second-order valence-electron chi connectivity index (χ2n) is 21.2. The van der Waals surface area contributed by atoms with Crippen LogP contribution in [-0.4, -0.2) is 154 Å². The van der Waals surface area contributed by atoms with Crippen LogP contribution in [0.15, 0.2) is 54.2 Å². The highest BCUT2D eigenvalue weighted by Gasteiger charge is 2.43. The van der Waals surface area contributed by atoms with Crippen molar-refractivity contribution in [2.45, 2.75) is 172 Å². The first kappa shape index (κ1) is 56.7. The third kappa shape index (κ3) is 12.9. The fourth-order valence-corrected chi connectivity index (χ4v) is 11.4. The van der Waals surface area contributed by atoms with Crippen molar-refractivity contribution in [2.75, 3.05) is 40.3 Å². The number of hydrogen-bond acceptors (Lipinski definition) is 15. The summed E-state index contributed by atoms with van der Waals surface area (Å²) in [4.78, 5) is 87.5. The summed E-state index contributed by atoms with van der Waals surface area (Å²) in [5, 5.41) is 28.5. The summed E-state index contributed by atoms with van der Waals surface area (Å²) in [5.41, 5.74) is 12.9. The summed E-state index contributed by atoms with van der Waals surface area (Å²) >= 11 is 0. The summed E-state index contributed by atoms with van der Waals surface area (Å²) in [7, 11) is 3.30. The minimum atomic E-state index is -1.19. The van der Waals surface area contributed by atoms with Crippen LogP contribution in [0.25, 0.3) is 5.70 Å². The van der Waals surface area contributed by atoms with Crippen molar-refractivity contribution in [2.24, 2.45) is 11.6 Å². The number of nitrogens with two attached hydrogens (primary N) is 2.